The Labute approximate surface area is 142 Å². The van der Waals surface area contributed by atoms with E-state index >= 15 is 0 Å². The minimum absolute atomic E-state index is 0.0137. The molecule has 0 aromatic heterocycles. The Morgan fingerprint density at radius 2 is 1.83 bits per heavy atom. The second kappa shape index (κ2) is 9.73. The molecule has 5 heteroatoms. The van der Waals surface area contributed by atoms with Gasteiger partial charge in [0.05, 0.1) is 6.61 Å². The third-order valence-electron chi connectivity index (χ3n) is 3.17. The number of hydrogen-bond donors (Lipinski definition) is 1. The Balaban J connectivity index is 2.45. The molecule has 1 aromatic rings. The van der Waals surface area contributed by atoms with Crippen LogP contribution in [0.2, 0.25) is 0 Å². The van der Waals surface area contributed by atoms with Gasteiger partial charge in [0.15, 0.2) is 5.12 Å². The first-order valence-corrected chi connectivity index (χ1v) is 8.66. The van der Waals surface area contributed by atoms with Crippen LogP contribution in [0.3, 0.4) is 0 Å². The molecule has 128 valence electrons. The van der Waals surface area contributed by atoms with Gasteiger partial charge in [0.2, 0.25) is 0 Å². The fourth-order valence-corrected chi connectivity index (χ4v) is 3.06. The largest absolute Gasteiger partial charge is 0.481 e. The number of carboxylic acids is 1. The molecule has 0 amide bonds. The summed E-state index contributed by atoms with van der Waals surface area (Å²) in [5, 5.41) is 8.91. The van der Waals surface area contributed by atoms with E-state index in [9.17, 15) is 9.59 Å². The van der Waals surface area contributed by atoms with Gasteiger partial charge in [-0.1, -0.05) is 62.9 Å². The molecule has 4 nitrogen and oxygen atoms in total. The second-order valence-corrected chi connectivity index (χ2v) is 8.32. The van der Waals surface area contributed by atoms with Crippen LogP contribution >= 0.6 is 11.8 Å². The SMILES string of the molecule is CC(C)(C)SC(=O)[C@H](CCOCc1ccccc1)CCC(=O)O. The van der Waals surface area contributed by atoms with Crippen molar-refractivity contribution in [3.63, 3.8) is 0 Å². The molecule has 0 aliphatic carbocycles. The van der Waals surface area contributed by atoms with Crippen molar-refractivity contribution >= 4 is 22.8 Å². The van der Waals surface area contributed by atoms with Crippen LogP contribution in [0.25, 0.3) is 0 Å². The zero-order valence-electron chi connectivity index (χ0n) is 14.1. The molecule has 0 bridgehead atoms. The standard InChI is InChI=1S/C18H26O4S/c1-18(2,3)23-17(21)15(9-10-16(19)20)11-12-22-13-14-7-5-4-6-8-14/h4-8,15H,9-13H2,1-3H3,(H,19,20)/t15-/m0/s1. The van der Waals surface area contributed by atoms with Crippen molar-refractivity contribution in [1.82, 2.24) is 0 Å². The molecule has 0 aliphatic heterocycles. The smallest absolute Gasteiger partial charge is 0.303 e. The van der Waals surface area contributed by atoms with Gasteiger partial charge in [0, 0.05) is 23.7 Å². The van der Waals surface area contributed by atoms with Crippen LogP contribution in [0, 0.1) is 5.92 Å². The zero-order valence-corrected chi connectivity index (χ0v) is 14.9. The summed E-state index contributed by atoms with van der Waals surface area (Å²) in [5.41, 5.74) is 1.09. The van der Waals surface area contributed by atoms with Crippen molar-refractivity contribution in [1.29, 1.82) is 0 Å². The predicted molar refractivity (Wildman–Crippen MR) is 93.4 cm³/mol. The number of benzene rings is 1. The summed E-state index contributed by atoms with van der Waals surface area (Å²) in [6, 6.07) is 9.84. The molecule has 0 unspecified atom stereocenters. The number of carbonyl (C=O) groups is 2. The predicted octanol–water partition coefficient (Wildman–Crippen LogP) is 4.13. The molecule has 0 radical (unpaired) electrons. The fraction of sp³-hybridized carbons (Fsp3) is 0.556. The Morgan fingerprint density at radius 1 is 1.17 bits per heavy atom. The molecule has 1 rings (SSSR count). The van der Waals surface area contributed by atoms with Gasteiger partial charge in [-0.25, -0.2) is 0 Å². The lowest BCUT2D eigenvalue weighted by Crippen LogP contribution is -2.21. The maximum absolute atomic E-state index is 12.4. The number of rotatable bonds is 9. The Hall–Kier alpha value is -1.33. The number of carboxylic acid groups (broad SMARTS) is 1. The molecule has 0 fully saturated rings. The first kappa shape index (κ1) is 19.7. The summed E-state index contributed by atoms with van der Waals surface area (Å²) in [6.07, 6.45) is 0.938. The summed E-state index contributed by atoms with van der Waals surface area (Å²) in [5.74, 6) is -1.14. The van der Waals surface area contributed by atoms with Crippen molar-refractivity contribution in [2.75, 3.05) is 6.61 Å². The van der Waals surface area contributed by atoms with Crippen molar-refractivity contribution in [3.8, 4) is 0 Å². The molecule has 1 atom stereocenters. The molecule has 0 saturated heterocycles. The van der Waals surface area contributed by atoms with Crippen molar-refractivity contribution in [2.24, 2.45) is 5.92 Å². The summed E-state index contributed by atoms with van der Waals surface area (Å²) < 4.78 is 5.47. The van der Waals surface area contributed by atoms with Gasteiger partial charge in [-0.2, -0.15) is 0 Å². The number of carbonyl (C=O) groups excluding carboxylic acids is 1. The van der Waals surface area contributed by atoms with Crippen molar-refractivity contribution in [2.45, 2.75) is 51.4 Å². The maximum Gasteiger partial charge on any atom is 0.303 e. The van der Waals surface area contributed by atoms with Gasteiger partial charge >= 0.3 is 5.97 Å². The summed E-state index contributed by atoms with van der Waals surface area (Å²) in [4.78, 5) is 23.1. The summed E-state index contributed by atoms with van der Waals surface area (Å²) in [6.45, 7) is 6.91. The lowest BCUT2D eigenvalue weighted by atomic mass is 10.0. The van der Waals surface area contributed by atoms with Crippen LogP contribution < -0.4 is 0 Å². The molecular weight excluding hydrogens is 312 g/mol. The molecular formula is C18H26O4S. The minimum Gasteiger partial charge on any atom is -0.481 e. The van der Waals surface area contributed by atoms with E-state index in [0.717, 1.165) is 5.56 Å². The molecule has 0 heterocycles. The summed E-state index contributed by atoms with van der Waals surface area (Å²) in [7, 11) is 0. The lowest BCUT2D eigenvalue weighted by Gasteiger charge is -2.21. The van der Waals surface area contributed by atoms with Crippen LogP contribution in [0.5, 0.6) is 0 Å². The van der Waals surface area contributed by atoms with Crippen molar-refractivity contribution < 1.29 is 19.4 Å². The first-order valence-electron chi connectivity index (χ1n) is 7.84. The Morgan fingerprint density at radius 3 is 2.39 bits per heavy atom. The van der Waals surface area contributed by atoms with Crippen LogP contribution in [-0.2, 0) is 20.9 Å². The highest BCUT2D eigenvalue weighted by atomic mass is 32.2. The Kier molecular flexibility index (Phi) is 8.34. The van der Waals surface area contributed by atoms with E-state index < -0.39 is 5.97 Å². The van der Waals surface area contributed by atoms with Crippen LogP contribution in [0.15, 0.2) is 30.3 Å². The highest BCUT2D eigenvalue weighted by Gasteiger charge is 2.25. The topological polar surface area (TPSA) is 63.6 Å². The molecule has 1 N–H and O–H groups in total. The normalized spacial score (nSPS) is 12.8. The van der Waals surface area contributed by atoms with Gasteiger partial charge in [-0.3, -0.25) is 9.59 Å². The highest BCUT2D eigenvalue weighted by molar-refractivity contribution is 8.14. The van der Waals surface area contributed by atoms with E-state index in [1.165, 1.54) is 11.8 Å². The third-order valence-corrected chi connectivity index (χ3v) is 4.32. The van der Waals surface area contributed by atoms with E-state index in [-0.39, 0.29) is 22.2 Å². The van der Waals surface area contributed by atoms with Gasteiger partial charge in [0.1, 0.15) is 0 Å². The molecule has 1 aromatic carbocycles. The molecule has 23 heavy (non-hydrogen) atoms. The molecule has 0 spiro atoms. The zero-order chi connectivity index (χ0) is 17.3. The van der Waals surface area contributed by atoms with E-state index in [2.05, 4.69) is 0 Å². The fourth-order valence-electron chi connectivity index (χ4n) is 2.05. The van der Waals surface area contributed by atoms with E-state index in [0.29, 0.717) is 26.1 Å². The Bertz CT molecular complexity index is 493. The number of thioether (sulfide) groups is 1. The van der Waals surface area contributed by atoms with Crippen LogP contribution in [0.1, 0.15) is 45.6 Å². The summed E-state index contributed by atoms with van der Waals surface area (Å²) >= 11 is 1.28. The first-order chi connectivity index (χ1) is 10.8. The van der Waals surface area contributed by atoms with Crippen LogP contribution in [-0.4, -0.2) is 27.5 Å². The highest BCUT2D eigenvalue weighted by Crippen LogP contribution is 2.30. The van der Waals surface area contributed by atoms with Crippen molar-refractivity contribution in [3.05, 3.63) is 35.9 Å². The monoisotopic (exact) mass is 338 g/mol. The number of hydrogen-bond acceptors (Lipinski definition) is 4. The second-order valence-electron chi connectivity index (χ2n) is 6.49. The quantitative estimate of drug-likeness (QED) is 0.686. The molecule has 0 saturated carbocycles. The van der Waals surface area contributed by atoms with Gasteiger partial charge in [0.25, 0.3) is 0 Å². The third kappa shape index (κ3) is 9.41. The lowest BCUT2D eigenvalue weighted by molar-refractivity contribution is -0.137. The van der Waals surface area contributed by atoms with Crippen LogP contribution in [0.4, 0.5) is 0 Å². The van der Waals surface area contributed by atoms with Gasteiger partial charge in [-0.15, -0.1) is 0 Å². The van der Waals surface area contributed by atoms with E-state index in [1.54, 1.807) is 0 Å². The van der Waals surface area contributed by atoms with Gasteiger partial charge < -0.3 is 9.84 Å². The van der Waals surface area contributed by atoms with E-state index in [4.69, 9.17) is 9.84 Å². The average molecular weight is 338 g/mol. The average Bonchev–Trinajstić information content (AvgIpc) is 2.45. The molecule has 0 aliphatic rings. The minimum atomic E-state index is -0.867. The van der Waals surface area contributed by atoms with E-state index in [1.807, 2.05) is 51.1 Å². The number of aliphatic carboxylic acids is 1. The van der Waals surface area contributed by atoms with Gasteiger partial charge in [-0.05, 0) is 18.4 Å². The number of ether oxygens (including phenoxy) is 1. The maximum atomic E-state index is 12.4.